The molecule has 0 aromatic heterocycles. The zero-order valence-electron chi connectivity index (χ0n) is 20.6. The molecule has 1 aliphatic heterocycles. The molecule has 1 heterocycles. The Balaban J connectivity index is 1.75. The quantitative estimate of drug-likeness (QED) is 0.543. The van der Waals surface area contributed by atoms with Gasteiger partial charge in [-0.1, -0.05) is 19.1 Å². The fourth-order valence-electron chi connectivity index (χ4n) is 4.17. The van der Waals surface area contributed by atoms with Crippen LogP contribution in [-0.4, -0.2) is 72.7 Å². The number of anilines is 2. The lowest BCUT2D eigenvalue weighted by Gasteiger charge is -2.35. The van der Waals surface area contributed by atoms with Crippen molar-refractivity contribution in [2.75, 3.05) is 50.4 Å². The molecule has 2 aromatic carbocycles. The summed E-state index contributed by atoms with van der Waals surface area (Å²) >= 11 is 0. The van der Waals surface area contributed by atoms with Crippen molar-refractivity contribution in [3.8, 4) is 0 Å². The van der Waals surface area contributed by atoms with Crippen molar-refractivity contribution in [2.24, 2.45) is 5.92 Å². The minimum Gasteiger partial charge on any atom is -0.370 e. The van der Waals surface area contributed by atoms with Crippen LogP contribution in [-0.2, 0) is 24.8 Å². The summed E-state index contributed by atoms with van der Waals surface area (Å²) in [5, 5.41) is 0. The van der Waals surface area contributed by atoms with Gasteiger partial charge in [-0.15, -0.1) is 0 Å². The Hall–Kier alpha value is -2.63. The fourth-order valence-corrected chi connectivity index (χ4v) is 6.14. The van der Waals surface area contributed by atoms with Crippen LogP contribution in [0, 0.1) is 5.92 Å². The number of sulfonamides is 2. The van der Waals surface area contributed by atoms with Gasteiger partial charge in [-0.2, -0.15) is 0 Å². The molecule has 1 saturated heterocycles. The first-order valence-corrected chi connectivity index (χ1v) is 14.5. The van der Waals surface area contributed by atoms with Gasteiger partial charge in [-0.05, 0) is 55.7 Å². The number of nitrogens with one attached hydrogen (secondary N) is 1. The SMILES string of the molecule is CCCN(C)C(=O)C1CCN(c2ccccc2NS(=O)(=O)c2ccc(S(=O)(=O)N(C)C)cc2)CC1. The summed E-state index contributed by atoms with van der Waals surface area (Å²) in [7, 11) is -2.93. The molecule has 0 unspecified atom stereocenters. The molecule has 1 amide bonds. The Labute approximate surface area is 208 Å². The Morgan fingerprint density at radius 3 is 2.09 bits per heavy atom. The molecule has 2 aromatic rings. The van der Waals surface area contributed by atoms with Crippen LogP contribution in [0.5, 0.6) is 0 Å². The molecule has 3 rings (SSSR count). The van der Waals surface area contributed by atoms with E-state index in [0.29, 0.717) is 31.6 Å². The molecule has 0 radical (unpaired) electrons. The number of carbonyl (C=O) groups is 1. The molecule has 35 heavy (non-hydrogen) atoms. The lowest BCUT2D eigenvalue weighted by Crippen LogP contribution is -2.41. The molecule has 11 heteroatoms. The normalized spacial score (nSPS) is 15.3. The van der Waals surface area contributed by atoms with Crippen molar-refractivity contribution in [3.05, 3.63) is 48.5 Å². The predicted octanol–water partition coefficient (Wildman–Crippen LogP) is 2.82. The lowest BCUT2D eigenvalue weighted by atomic mass is 9.95. The van der Waals surface area contributed by atoms with E-state index in [4.69, 9.17) is 0 Å². The van der Waals surface area contributed by atoms with Crippen molar-refractivity contribution < 1.29 is 21.6 Å². The lowest BCUT2D eigenvalue weighted by molar-refractivity contribution is -0.134. The monoisotopic (exact) mass is 522 g/mol. The van der Waals surface area contributed by atoms with E-state index in [9.17, 15) is 21.6 Å². The van der Waals surface area contributed by atoms with Gasteiger partial charge in [0, 0.05) is 46.7 Å². The summed E-state index contributed by atoms with van der Waals surface area (Å²) < 4.78 is 54.4. The number of nitrogens with zero attached hydrogens (tertiary/aromatic N) is 3. The molecule has 0 spiro atoms. The van der Waals surface area contributed by atoms with Gasteiger partial charge in [0.05, 0.1) is 21.2 Å². The maximum atomic E-state index is 13.1. The third-order valence-corrected chi connectivity index (χ3v) is 9.39. The highest BCUT2D eigenvalue weighted by Crippen LogP contribution is 2.32. The molecule has 0 saturated carbocycles. The van der Waals surface area contributed by atoms with Crippen LogP contribution in [0.25, 0.3) is 0 Å². The molecule has 192 valence electrons. The number of para-hydroxylation sites is 2. The van der Waals surface area contributed by atoms with Crippen LogP contribution in [0.3, 0.4) is 0 Å². The summed E-state index contributed by atoms with van der Waals surface area (Å²) in [5.74, 6) is 0.142. The van der Waals surface area contributed by atoms with Crippen molar-refractivity contribution in [1.29, 1.82) is 0 Å². The Morgan fingerprint density at radius 2 is 1.51 bits per heavy atom. The van der Waals surface area contributed by atoms with Crippen LogP contribution < -0.4 is 9.62 Å². The van der Waals surface area contributed by atoms with Gasteiger partial charge in [0.2, 0.25) is 15.9 Å². The van der Waals surface area contributed by atoms with E-state index in [-0.39, 0.29) is 21.6 Å². The number of hydrogen-bond acceptors (Lipinski definition) is 6. The topological polar surface area (TPSA) is 107 Å². The highest BCUT2D eigenvalue weighted by Gasteiger charge is 2.28. The predicted molar refractivity (Wildman–Crippen MR) is 137 cm³/mol. The van der Waals surface area contributed by atoms with Crippen LogP contribution in [0.2, 0.25) is 0 Å². The molecule has 0 aliphatic carbocycles. The average molecular weight is 523 g/mol. The maximum absolute atomic E-state index is 13.1. The number of piperidine rings is 1. The Bertz CT molecular complexity index is 1240. The number of carbonyl (C=O) groups excluding carboxylic acids is 1. The summed E-state index contributed by atoms with van der Waals surface area (Å²) in [6, 6.07) is 12.3. The fraction of sp³-hybridized carbons (Fsp3) is 0.458. The minimum absolute atomic E-state index is 0.0175. The largest absolute Gasteiger partial charge is 0.370 e. The number of hydrogen-bond donors (Lipinski definition) is 1. The van der Waals surface area contributed by atoms with Gasteiger partial charge in [-0.25, -0.2) is 21.1 Å². The number of amides is 1. The van der Waals surface area contributed by atoms with Gasteiger partial charge < -0.3 is 9.80 Å². The second-order valence-corrected chi connectivity index (χ2v) is 12.7. The van der Waals surface area contributed by atoms with Crippen LogP contribution in [0.1, 0.15) is 26.2 Å². The summed E-state index contributed by atoms with van der Waals surface area (Å²) in [6.07, 6.45) is 2.33. The molecule has 9 nitrogen and oxygen atoms in total. The van der Waals surface area contributed by atoms with Crippen molar-refractivity contribution in [1.82, 2.24) is 9.21 Å². The number of benzene rings is 2. The van der Waals surface area contributed by atoms with E-state index in [0.717, 1.165) is 23.0 Å². The standard InChI is InChI=1S/C24H34N4O5S2/c1-5-16-27(4)24(29)19-14-17-28(18-15-19)23-9-7-6-8-22(23)25-34(30,31)20-10-12-21(13-11-20)35(32,33)26(2)3/h6-13,19,25H,5,14-18H2,1-4H3. The molecular formula is C24H34N4O5S2. The third kappa shape index (κ3) is 6.14. The molecular weight excluding hydrogens is 488 g/mol. The third-order valence-electron chi connectivity index (χ3n) is 6.18. The van der Waals surface area contributed by atoms with Crippen LogP contribution in [0.15, 0.2) is 58.3 Å². The minimum atomic E-state index is -3.94. The zero-order valence-corrected chi connectivity index (χ0v) is 22.3. The van der Waals surface area contributed by atoms with E-state index in [1.807, 2.05) is 26.1 Å². The van der Waals surface area contributed by atoms with Crippen molar-refractivity contribution in [3.63, 3.8) is 0 Å². The Kier molecular flexibility index (Phi) is 8.45. The van der Waals surface area contributed by atoms with Gasteiger partial charge in [0.1, 0.15) is 0 Å². The van der Waals surface area contributed by atoms with E-state index in [2.05, 4.69) is 9.62 Å². The van der Waals surface area contributed by atoms with E-state index in [1.165, 1.54) is 38.4 Å². The van der Waals surface area contributed by atoms with Crippen LogP contribution >= 0.6 is 0 Å². The van der Waals surface area contributed by atoms with Crippen molar-refractivity contribution >= 4 is 37.3 Å². The summed E-state index contributed by atoms with van der Waals surface area (Å²) in [4.78, 5) is 16.5. The van der Waals surface area contributed by atoms with Gasteiger partial charge in [-0.3, -0.25) is 9.52 Å². The summed E-state index contributed by atoms with van der Waals surface area (Å²) in [5.41, 5.74) is 1.18. The average Bonchev–Trinajstić information content (AvgIpc) is 2.84. The highest BCUT2D eigenvalue weighted by molar-refractivity contribution is 7.92. The molecule has 1 aliphatic rings. The zero-order chi connectivity index (χ0) is 25.8. The van der Waals surface area contributed by atoms with E-state index in [1.54, 1.807) is 17.0 Å². The first-order chi connectivity index (χ1) is 16.5. The van der Waals surface area contributed by atoms with Gasteiger partial charge in [0.25, 0.3) is 10.0 Å². The Morgan fingerprint density at radius 1 is 0.943 bits per heavy atom. The highest BCUT2D eigenvalue weighted by atomic mass is 32.2. The maximum Gasteiger partial charge on any atom is 0.261 e. The first-order valence-electron chi connectivity index (χ1n) is 11.6. The van der Waals surface area contributed by atoms with Gasteiger partial charge in [0.15, 0.2) is 0 Å². The smallest absolute Gasteiger partial charge is 0.261 e. The molecule has 0 bridgehead atoms. The first kappa shape index (κ1) is 27.0. The van der Waals surface area contributed by atoms with Gasteiger partial charge >= 0.3 is 0 Å². The summed E-state index contributed by atoms with van der Waals surface area (Å²) in [6.45, 7) is 4.08. The van der Waals surface area contributed by atoms with Crippen LogP contribution in [0.4, 0.5) is 11.4 Å². The van der Waals surface area contributed by atoms with Crippen molar-refractivity contribution in [2.45, 2.75) is 36.0 Å². The van der Waals surface area contributed by atoms with E-state index >= 15 is 0 Å². The molecule has 1 fully saturated rings. The molecule has 1 N–H and O–H groups in total. The van der Waals surface area contributed by atoms with E-state index < -0.39 is 20.0 Å². The second kappa shape index (κ2) is 11.0. The second-order valence-electron chi connectivity index (χ2n) is 8.90. The molecule has 0 atom stereocenters. The number of rotatable bonds is 9.